The van der Waals surface area contributed by atoms with Gasteiger partial charge in [0.15, 0.2) is 0 Å². The van der Waals surface area contributed by atoms with Crippen molar-refractivity contribution in [3.8, 4) is 0 Å². The fraction of sp³-hybridized carbons (Fsp3) is 0.750. The predicted molar refractivity (Wildman–Crippen MR) is 26.2 cm³/mol. The Balaban J connectivity index is 0. The molecule has 0 amide bonds. The molecule has 0 aromatic carbocycles. The number of ether oxygens (including phenoxy) is 1. The first-order chi connectivity index (χ1) is 3.31. The van der Waals surface area contributed by atoms with Gasteiger partial charge in [-0.2, -0.15) is 7.05 Å². The van der Waals surface area contributed by atoms with E-state index in [2.05, 4.69) is 10.1 Å². The maximum atomic E-state index is 10.1. The van der Waals surface area contributed by atoms with Crippen molar-refractivity contribution >= 4 is 5.97 Å². The minimum atomic E-state index is -0.289. The maximum absolute atomic E-state index is 10.1. The molecular formula is C4H8NO2Y-. The molecular weight excluding hydrogens is 183 g/mol. The van der Waals surface area contributed by atoms with Crippen molar-refractivity contribution in [3.05, 3.63) is 5.32 Å². The molecule has 0 heterocycles. The number of esters is 1. The van der Waals surface area contributed by atoms with Gasteiger partial charge in [0, 0.05) is 32.7 Å². The van der Waals surface area contributed by atoms with E-state index >= 15 is 0 Å². The molecule has 1 radical (unpaired) electrons. The molecule has 0 spiro atoms. The molecule has 0 atom stereocenters. The zero-order chi connectivity index (χ0) is 5.70. The third-order valence-corrected chi connectivity index (χ3v) is 0.515. The molecule has 0 saturated carbocycles. The standard InChI is InChI=1S/C4H8NO2.Y/c1-5-3-4(6)7-2;/h3H2,1-2H3;/q-1;. The molecule has 0 fully saturated rings. The van der Waals surface area contributed by atoms with Gasteiger partial charge in [-0.05, 0) is 6.54 Å². The van der Waals surface area contributed by atoms with Crippen LogP contribution >= 0.6 is 0 Å². The molecule has 45 valence electrons. The molecule has 3 nitrogen and oxygen atoms in total. The van der Waals surface area contributed by atoms with Crippen LogP contribution in [0, 0.1) is 0 Å². The first-order valence-corrected chi connectivity index (χ1v) is 1.93. The summed E-state index contributed by atoms with van der Waals surface area (Å²) in [5.41, 5.74) is 0. The Kier molecular flexibility index (Phi) is 10.7. The van der Waals surface area contributed by atoms with E-state index < -0.39 is 0 Å². The zero-order valence-electron chi connectivity index (χ0n) is 5.05. The fourth-order valence-corrected chi connectivity index (χ4v) is 0.194. The number of nitrogens with zero attached hydrogens (tertiary/aromatic N) is 1. The van der Waals surface area contributed by atoms with Gasteiger partial charge >= 0.3 is 0 Å². The molecule has 0 aliphatic rings. The van der Waals surface area contributed by atoms with Crippen LogP contribution < -0.4 is 0 Å². The van der Waals surface area contributed by atoms with Crippen molar-refractivity contribution in [3.63, 3.8) is 0 Å². The van der Waals surface area contributed by atoms with Crippen molar-refractivity contribution < 1.29 is 42.2 Å². The Bertz CT molecular complexity index is 67.1. The van der Waals surface area contributed by atoms with Crippen LogP contribution in [-0.4, -0.2) is 26.7 Å². The molecule has 0 unspecified atom stereocenters. The Labute approximate surface area is 74.0 Å². The van der Waals surface area contributed by atoms with Crippen molar-refractivity contribution in [2.75, 3.05) is 20.7 Å². The minimum Gasteiger partial charge on any atom is -0.656 e. The minimum absolute atomic E-state index is 0. The monoisotopic (exact) mass is 191 g/mol. The third-order valence-electron chi connectivity index (χ3n) is 0.515. The molecule has 0 aliphatic heterocycles. The number of hydrogen-bond donors (Lipinski definition) is 0. The van der Waals surface area contributed by atoms with E-state index in [-0.39, 0.29) is 45.2 Å². The van der Waals surface area contributed by atoms with E-state index in [0.717, 1.165) is 0 Å². The van der Waals surface area contributed by atoms with E-state index in [9.17, 15) is 4.79 Å². The summed E-state index contributed by atoms with van der Waals surface area (Å²) in [7, 11) is 2.91. The fourth-order valence-electron chi connectivity index (χ4n) is 0.194. The second-order valence-corrected chi connectivity index (χ2v) is 1.05. The summed E-state index contributed by atoms with van der Waals surface area (Å²) in [6.45, 7) is 0.163. The molecule has 0 aromatic rings. The number of rotatable bonds is 2. The van der Waals surface area contributed by atoms with E-state index in [4.69, 9.17) is 0 Å². The number of hydrogen-bond acceptors (Lipinski definition) is 2. The van der Waals surface area contributed by atoms with Gasteiger partial charge in [-0.25, -0.2) is 0 Å². The van der Waals surface area contributed by atoms with Gasteiger partial charge in [0.05, 0.1) is 7.11 Å². The summed E-state index contributed by atoms with van der Waals surface area (Å²) in [6.07, 6.45) is 0. The molecule has 0 rings (SSSR count). The summed E-state index contributed by atoms with van der Waals surface area (Å²) in [6, 6.07) is 0. The van der Waals surface area contributed by atoms with Gasteiger partial charge in [0.1, 0.15) is 0 Å². The molecule has 0 saturated heterocycles. The van der Waals surface area contributed by atoms with Crippen LogP contribution in [0.4, 0.5) is 0 Å². The van der Waals surface area contributed by atoms with Gasteiger partial charge in [0.25, 0.3) is 5.97 Å². The Morgan fingerprint density at radius 2 is 2.25 bits per heavy atom. The Morgan fingerprint density at radius 3 is 2.38 bits per heavy atom. The van der Waals surface area contributed by atoms with Gasteiger partial charge in [-0.1, -0.05) is 0 Å². The van der Waals surface area contributed by atoms with Crippen LogP contribution in [0.2, 0.25) is 0 Å². The van der Waals surface area contributed by atoms with Crippen LogP contribution in [0.15, 0.2) is 0 Å². The quantitative estimate of drug-likeness (QED) is 0.583. The van der Waals surface area contributed by atoms with Crippen molar-refractivity contribution in [2.45, 2.75) is 0 Å². The van der Waals surface area contributed by atoms with Crippen LogP contribution in [-0.2, 0) is 42.2 Å². The summed E-state index contributed by atoms with van der Waals surface area (Å²) >= 11 is 0. The number of methoxy groups -OCH3 is 1. The predicted octanol–water partition coefficient (Wildman–Crippen LogP) is 0.160. The third kappa shape index (κ3) is 6.53. The van der Waals surface area contributed by atoms with E-state index in [1.54, 1.807) is 7.05 Å². The molecule has 0 N–H and O–H groups in total. The van der Waals surface area contributed by atoms with Crippen molar-refractivity contribution in [2.24, 2.45) is 0 Å². The molecule has 0 aliphatic carbocycles. The largest absolute Gasteiger partial charge is 0.656 e. The van der Waals surface area contributed by atoms with Gasteiger partial charge < -0.3 is 10.1 Å². The van der Waals surface area contributed by atoms with Crippen molar-refractivity contribution in [1.29, 1.82) is 0 Å². The van der Waals surface area contributed by atoms with E-state index in [1.165, 1.54) is 7.11 Å². The first kappa shape index (κ1) is 11.3. The molecule has 4 heteroatoms. The second kappa shape index (κ2) is 7.53. The summed E-state index contributed by atoms with van der Waals surface area (Å²) < 4.78 is 4.26. The van der Waals surface area contributed by atoms with E-state index in [0.29, 0.717) is 0 Å². The van der Waals surface area contributed by atoms with Gasteiger partial charge in [0.2, 0.25) is 0 Å². The number of carbonyl (C=O) groups excluding carboxylic acids is 1. The molecule has 0 aromatic heterocycles. The van der Waals surface area contributed by atoms with Crippen LogP contribution in [0.1, 0.15) is 0 Å². The summed E-state index contributed by atoms with van der Waals surface area (Å²) in [5.74, 6) is -0.289. The molecule has 8 heavy (non-hydrogen) atoms. The SMILES string of the molecule is C[N-]CC(=O)OC.[Y]. The molecule has 0 bridgehead atoms. The Morgan fingerprint density at radius 1 is 1.75 bits per heavy atom. The second-order valence-electron chi connectivity index (χ2n) is 1.05. The number of carbonyl (C=O) groups is 1. The van der Waals surface area contributed by atoms with Crippen molar-refractivity contribution in [1.82, 2.24) is 0 Å². The summed E-state index contributed by atoms with van der Waals surface area (Å²) in [5, 5.41) is 3.53. The van der Waals surface area contributed by atoms with Gasteiger partial charge in [-0.15, -0.1) is 0 Å². The van der Waals surface area contributed by atoms with Crippen LogP contribution in [0.3, 0.4) is 0 Å². The smallest absolute Gasteiger partial charge is 0.284 e. The summed E-state index contributed by atoms with van der Waals surface area (Å²) in [4.78, 5) is 10.1. The normalized spacial score (nSPS) is 7.25. The topological polar surface area (TPSA) is 40.4 Å². The van der Waals surface area contributed by atoms with Gasteiger partial charge in [-0.3, -0.25) is 4.79 Å². The van der Waals surface area contributed by atoms with E-state index in [1.807, 2.05) is 0 Å². The first-order valence-electron chi connectivity index (χ1n) is 1.93. The van der Waals surface area contributed by atoms with Crippen LogP contribution in [0.25, 0.3) is 5.32 Å². The zero-order valence-corrected chi connectivity index (χ0v) is 7.89. The average molecular weight is 191 g/mol. The van der Waals surface area contributed by atoms with Crippen LogP contribution in [0.5, 0.6) is 0 Å². The number of likely N-dealkylation sites (N-methyl/N-ethyl adjacent to an activating group) is 1. The maximum Gasteiger partial charge on any atom is 0.284 e. The average Bonchev–Trinajstić information content (AvgIpc) is 1.68. The Hall–Kier alpha value is 0.534.